The van der Waals surface area contributed by atoms with Crippen molar-refractivity contribution < 1.29 is 19.1 Å². The van der Waals surface area contributed by atoms with Gasteiger partial charge in [-0.05, 0) is 71.0 Å². The molecular weight excluding hydrogens is 470 g/mol. The zero-order valence-electron chi connectivity index (χ0n) is 16.8. The maximum atomic E-state index is 12.5. The Kier molecular flexibility index (Phi) is 9.72. The van der Waals surface area contributed by atoms with Crippen molar-refractivity contribution in [3.63, 3.8) is 0 Å². The van der Waals surface area contributed by atoms with Crippen molar-refractivity contribution in [3.05, 3.63) is 52.5 Å². The lowest BCUT2D eigenvalue weighted by molar-refractivity contribution is -0.116. The van der Waals surface area contributed by atoms with E-state index in [2.05, 4.69) is 31.9 Å². The summed E-state index contributed by atoms with van der Waals surface area (Å²) in [5.41, 5.74) is 1.73. The SMILES string of the molecule is CCCC(=O)Nc1cccc(NC(=S)NC(=O)c2ccc(OCCOC)c(Br)c2)c1. The van der Waals surface area contributed by atoms with E-state index in [4.69, 9.17) is 21.7 Å². The van der Waals surface area contributed by atoms with Crippen molar-refractivity contribution in [3.8, 4) is 5.75 Å². The van der Waals surface area contributed by atoms with Crippen LogP contribution >= 0.6 is 28.1 Å². The van der Waals surface area contributed by atoms with E-state index in [0.29, 0.717) is 46.8 Å². The van der Waals surface area contributed by atoms with Crippen LogP contribution in [0.4, 0.5) is 11.4 Å². The maximum absolute atomic E-state index is 12.5. The predicted molar refractivity (Wildman–Crippen MR) is 125 cm³/mol. The zero-order chi connectivity index (χ0) is 21.9. The van der Waals surface area contributed by atoms with Gasteiger partial charge in [-0.2, -0.15) is 0 Å². The van der Waals surface area contributed by atoms with Crippen molar-refractivity contribution in [1.82, 2.24) is 5.32 Å². The van der Waals surface area contributed by atoms with E-state index < -0.39 is 0 Å². The lowest BCUT2D eigenvalue weighted by Crippen LogP contribution is -2.34. The number of methoxy groups -OCH3 is 1. The molecule has 30 heavy (non-hydrogen) atoms. The largest absolute Gasteiger partial charge is 0.490 e. The number of carbonyl (C=O) groups is 2. The third-order valence-corrected chi connectivity index (χ3v) is 4.67. The summed E-state index contributed by atoms with van der Waals surface area (Å²) in [4.78, 5) is 24.2. The van der Waals surface area contributed by atoms with E-state index >= 15 is 0 Å². The number of thiocarbonyl (C=S) groups is 1. The molecule has 2 aromatic carbocycles. The van der Waals surface area contributed by atoms with Gasteiger partial charge in [0.2, 0.25) is 5.91 Å². The second-order valence-corrected chi connectivity index (χ2v) is 7.54. The first kappa shape index (κ1) is 23.8. The van der Waals surface area contributed by atoms with Crippen LogP contribution in [0.5, 0.6) is 5.75 Å². The number of amides is 2. The van der Waals surface area contributed by atoms with E-state index in [9.17, 15) is 9.59 Å². The third kappa shape index (κ3) is 7.74. The van der Waals surface area contributed by atoms with Crippen LogP contribution in [0.1, 0.15) is 30.1 Å². The van der Waals surface area contributed by atoms with Gasteiger partial charge in [0, 0.05) is 30.5 Å². The first-order chi connectivity index (χ1) is 14.4. The fourth-order valence-electron chi connectivity index (χ4n) is 2.46. The van der Waals surface area contributed by atoms with Gasteiger partial charge in [0.1, 0.15) is 12.4 Å². The van der Waals surface area contributed by atoms with Gasteiger partial charge in [0.15, 0.2) is 5.11 Å². The molecule has 160 valence electrons. The molecule has 0 saturated heterocycles. The van der Waals surface area contributed by atoms with Crippen molar-refractivity contribution in [2.24, 2.45) is 0 Å². The summed E-state index contributed by atoms with van der Waals surface area (Å²) in [6.07, 6.45) is 1.23. The molecule has 2 aromatic rings. The van der Waals surface area contributed by atoms with Crippen LogP contribution in [0, 0.1) is 0 Å². The molecule has 0 aliphatic heterocycles. The molecule has 0 aromatic heterocycles. The Morgan fingerprint density at radius 2 is 1.80 bits per heavy atom. The molecule has 0 aliphatic carbocycles. The molecule has 0 bridgehead atoms. The Morgan fingerprint density at radius 1 is 1.07 bits per heavy atom. The summed E-state index contributed by atoms with van der Waals surface area (Å²) in [7, 11) is 1.60. The first-order valence-electron chi connectivity index (χ1n) is 9.36. The van der Waals surface area contributed by atoms with E-state index in [0.717, 1.165) is 6.42 Å². The first-order valence-corrected chi connectivity index (χ1v) is 10.6. The second-order valence-electron chi connectivity index (χ2n) is 6.27. The van der Waals surface area contributed by atoms with E-state index in [1.807, 2.05) is 6.92 Å². The molecule has 7 nitrogen and oxygen atoms in total. The second kappa shape index (κ2) is 12.3. The highest BCUT2D eigenvalue weighted by Crippen LogP contribution is 2.26. The number of anilines is 2. The summed E-state index contributed by atoms with van der Waals surface area (Å²) >= 11 is 8.63. The number of nitrogens with one attached hydrogen (secondary N) is 3. The van der Waals surface area contributed by atoms with E-state index in [1.165, 1.54) is 0 Å². The number of ether oxygens (including phenoxy) is 2. The van der Waals surface area contributed by atoms with Gasteiger partial charge >= 0.3 is 0 Å². The fraction of sp³-hybridized carbons (Fsp3) is 0.286. The standard InChI is InChI=1S/C21H24BrN3O4S/c1-3-5-19(26)23-15-6-4-7-16(13-15)24-21(30)25-20(27)14-8-9-18(17(22)12-14)29-11-10-28-2/h4,6-9,12-13H,3,5,10-11H2,1-2H3,(H,23,26)(H2,24,25,27,30). The number of rotatable bonds is 9. The van der Waals surface area contributed by atoms with Crippen LogP contribution in [0.3, 0.4) is 0 Å². The summed E-state index contributed by atoms with van der Waals surface area (Å²) in [6.45, 7) is 2.82. The van der Waals surface area contributed by atoms with Gasteiger partial charge in [-0.3, -0.25) is 14.9 Å². The number of benzene rings is 2. The van der Waals surface area contributed by atoms with Gasteiger partial charge < -0.3 is 20.1 Å². The molecule has 0 saturated carbocycles. The summed E-state index contributed by atoms with van der Waals surface area (Å²) in [6, 6.07) is 12.1. The van der Waals surface area contributed by atoms with Gasteiger partial charge in [0.05, 0.1) is 11.1 Å². The number of hydrogen-bond acceptors (Lipinski definition) is 5. The molecule has 0 atom stereocenters. The summed E-state index contributed by atoms with van der Waals surface area (Å²) in [5.74, 6) is 0.209. The van der Waals surface area contributed by atoms with Gasteiger partial charge in [0.25, 0.3) is 5.91 Å². The Bertz CT molecular complexity index is 908. The normalized spacial score (nSPS) is 10.2. The monoisotopic (exact) mass is 493 g/mol. The number of halogens is 1. The summed E-state index contributed by atoms with van der Waals surface area (Å²) in [5, 5.41) is 8.55. The highest BCUT2D eigenvalue weighted by Gasteiger charge is 2.11. The Labute approximate surface area is 189 Å². The molecule has 0 unspecified atom stereocenters. The van der Waals surface area contributed by atoms with Crippen LogP contribution in [-0.4, -0.2) is 37.3 Å². The van der Waals surface area contributed by atoms with Gasteiger partial charge in [-0.25, -0.2) is 0 Å². The van der Waals surface area contributed by atoms with Crippen molar-refractivity contribution in [2.45, 2.75) is 19.8 Å². The van der Waals surface area contributed by atoms with Crippen molar-refractivity contribution in [2.75, 3.05) is 31.0 Å². The Morgan fingerprint density at radius 3 is 2.47 bits per heavy atom. The van der Waals surface area contributed by atoms with E-state index in [-0.39, 0.29) is 16.9 Å². The average Bonchev–Trinajstić information content (AvgIpc) is 2.69. The molecular formula is C21H24BrN3O4S. The van der Waals surface area contributed by atoms with E-state index in [1.54, 1.807) is 49.6 Å². The smallest absolute Gasteiger partial charge is 0.257 e. The molecule has 0 heterocycles. The molecule has 3 N–H and O–H groups in total. The predicted octanol–water partition coefficient (Wildman–Crippen LogP) is 4.34. The third-order valence-electron chi connectivity index (χ3n) is 3.85. The number of hydrogen-bond donors (Lipinski definition) is 3. The summed E-state index contributed by atoms with van der Waals surface area (Å²) < 4.78 is 11.2. The zero-order valence-corrected chi connectivity index (χ0v) is 19.2. The minimum absolute atomic E-state index is 0.0502. The molecule has 9 heteroatoms. The van der Waals surface area contributed by atoms with Crippen LogP contribution in [-0.2, 0) is 9.53 Å². The van der Waals surface area contributed by atoms with Crippen molar-refractivity contribution in [1.29, 1.82) is 0 Å². The molecule has 0 aliphatic rings. The average molecular weight is 494 g/mol. The molecule has 0 fully saturated rings. The lowest BCUT2D eigenvalue weighted by Gasteiger charge is -2.12. The molecule has 0 spiro atoms. The number of carbonyl (C=O) groups excluding carboxylic acids is 2. The molecule has 0 radical (unpaired) electrons. The van der Waals surface area contributed by atoms with Crippen molar-refractivity contribution >= 4 is 56.4 Å². The quantitative estimate of drug-likeness (QED) is 0.355. The Hall–Kier alpha value is -2.49. The highest BCUT2D eigenvalue weighted by atomic mass is 79.9. The van der Waals surface area contributed by atoms with Crippen LogP contribution in [0.15, 0.2) is 46.9 Å². The van der Waals surface area contributed by atoms with Crippen LogP contribution in [0.25, 0.3) is 0 Å². The topological polar surface area (TPSA) is 88.7 Å². The van der Waals surface area contributed by atoms with Crippen LogP contribution in [0.2, 0.25) is 0 Å². The van der Waals surface area contributed by atoms with Crippen LogP contribution < -0.4 is 20.7 Å². The molecule has 2 rings (SSSR count). The maximum Gasteiger partial charge on any atom is 0.257 e. The molecule has 2 amide bonds. The minimum Gasteiger partial charge on any atom is -0.490 e. The van der Waals surface area contributed by atoms with Gasteiger partial charge in [-0.1, -0.05) is 13.0 Å². The highest BCUT2D eigenvalue weighted by molar-refractivity contribution is 9.10. The minimum atomic E-state index is -0.357. The lowest BCUT2D eigenvalue weighted by atomic mass is 10.2. The fourth-order valence-corrected chi connectivity index (χ4v) is 3.16. The Balaban J connectivity index is 1.94. The van der Waals surface area contributed by atoms with Gasteiger partial charge in [-0.15, -0.1) is 0 Å².